The molecule has 1 aromatic carbocycles. The maximum absolute atomic E-state index is 11.6. The molecule has 0 spiro atoms. The Kier molecular flexibility index (Phi) is 2.49. The highest BCUT2D eigenvalue weighted by atomic mass is 32.3. The van der Waals surface area contributed by atoms with Crippen LogP contribution < -0.4 is 0 Å². The Morgan fingerprint density at radius 1 is 1.43 bits per heavy atom. The van der Waals surface area contributed by atoms with Crippen molar-refractivity contribution in [2.75, 3.05) is 0 Å². The molecule has 0 aliphatic carbocycles. The summed E-state index contributed by atoms with van der Waals surface area (Å²) in [7, 11) is 0. The van der Waals surface area contributed by atoms with Crippen LogP contribution in [0.1, 0.15) is 0 Å². The fraction of sp³-hybridized carbons (Fsp3) is 0. The van der Waals surface area contributed by atoms with Gasteiger partial charge in [-0.15, -0.1) is 0 Å². The average Bonchev–Trinajstić information content (AvgIpc) is 2.44. The number of benzene rings is 1. The van der Waals surface area contributed by atoms with Crippen LogP contribution in [0.15, 0.2) is 44.5 Å². The molecule has 0 bridgehead atoms. The van der Waals surface area contributed by atoms with Crippen LogP contribution in [-0.4, -0.2) is 9.48 Å². The minimum Gasteiger partial charge on any atom is -0.606 e. The van der Waals surface area contributed by atoms with Crippen molar-refractivity contribution >= 4 is 22.9 Å². The van der Waals surface area contributed by atoms with Crippen molar-refractivity contribution in [2.24, 2.45) is 0 Å². The molecule has 1 heterocycles. The van der Waals surface area contributed by atoms with E-state index in [9.17, 15) is 14.7 Å². The molecule has 0 amide bonds. The van der Waals surface area contributed by atoms with Gasteiger partial charge in [0.05, 0.1) is 9.82 Å². The van der Waals surface area contributed by atoms with Gasteiger partial charge in [0.25, 0.3) is 10.4 Å². The number of hydrogen-bond donors (Lipinski definition) is 0. The van der Waals surface area contributed by atoms with Gasteiger partial charge in [0, 0.05) is 11.2 Å². The molecular weight excluding hydrogens is 222 g/mol. The van der Waals surface area contributed by atoms with Crippen LogP contribution in [0.25, 0.3) is 0 Å². The van der Waals surface area contributed by atoms with Crippen LogP contribution >= 0.6 is 11.8 Å². The van der Waals surface area contributed by atoms with Crippen molar-refractivity contribution in [3.05, 3.63) is 44.8 Å². The van der Waals surface area contributed by atoms with Crippen LogP contribution in [0.5, 0.6) is 0 Å². The topological polar surface area (TPSA) is 66.2 Å². The minimum absolute atomic E-state index is 0.288. The van der Waals surface area contributed by atoms with Gasteiger partial charge in [-0.2, -0.15) is 0 Å². The standard InChI is InChI=1S/C8H5NO3S2/c10-9(11)5-8-13-6-3-1-2-4-7(6)14(8)12/h1-5H. The molecule has 1 aromatic rings. The largest absolute Gasteiger partial charge is 0.606 e. The Labute approximate surface area is 87.3 Å². The first-order valence-electron chi connectivity index (χ1n) is 3.72. The number of fused-ring (bicyclic) bond motifs is 1. The average molecular weight is 227 g/mol. The fourth-order valence-corrected chi connectivity index (χ4v) is 3.82. The number of nitro groups is 1. The molecule has 0 saturated heterocycles. The Morgan fingerprint density at radius 3 is 2.79 bits per heavy atom. The van der Waals surface area contributed by atoms with Crippen molar-refractivity contribution in [2.45, 2.75) is 9.79 Å². The van der Waals surface area contributed by atoms with Crippen LogP contribution in [-0.2, 0) is 11.2 Å². The molecule has 2 rings (SSSR count). The molecule has 0 aromatic heterocycles. The molecule has 0 fully saturated rings. The van der Waals surface area contributed by atoms with Gasteiger partial charge in [-0.25, -0.2) is 0 Å². The van der Waals surface area contributed by atoms with Gasteiger partial charge >= 0.3 is 0 Å². The van der Waals surface area contributed by atoms with E-state index in [1.807, 2.05) is 6.07 Å². The van der Waals surface area contributed by atoms with E-state index in [4.69, 9.17) is 0 Å². The Bertz CT molecular complexity index is 419. The van der Waals surface area contributed by atoms with Crippen molar-refractivity contribution in [3.8, 4) is 0 Å². The van der Waals surface area contributed by atoms with E-state index in [0.29, 0.717) is 4.90 Å². The summed E-state index contributed by atoms with van der Waals surface area (Å²) in [5, 5.41) is 10.2. The summed E-state index contributed by atoms with van der Waals surface area (Å²) in [6, 6.07) is 7.11. The lowest BCUT2D eigenvalue weighted by Gasteiger charge is -2.00. The van der Waals surface area contributed by atoms with Crippen LogP contribution in [0, 0.1) is 10.1 Å². The second-order valence-corrected chi connectivity index (χ2v) is 5.31. The van der Waals surface area contributed by atoms with Crippen molar-refractivity contribution in [3.63, 3.8) is 0 Å². The van der Waals surface area contributed by atoms with Gasteiger partial charge in [0.15, 0.2) is 4.90 Å². The number of nitrogens with zero attached hydrogens (tertiary/aromatic N) is 1. The zero-order valence-electron chi connectivity index (χ0n) is 6.88. The zero-order valence-corrected chi connectivity index (χ0v) is 8.51. The highest BCUT2D eigenvalue weighted by Crippen LogP contribution is 2.45. The normalized spacial score (nSPS) is 22.4. The molecular formula is C8H5NO3S2. The van der Waals surface area contributed by atoms with Gasteiger partial charge in [-0.1, -0.05) is 12.1 Å². The van der Waals surface area contributed by atoms with E-state index in [1.54, 1.807) is 18.2 Å². The smallest absolute Gasteiger partial charge is 0.296 e. The summed E-state index contributed by atoms with van der Waals surface area (Å²) in [6.07, 6.45) is 0.806. The SMILES string of the molecule is O=[N+]([O-])C=C1Sc2ccccc2[S+]1[O-]. The predicted octanol–water partition coefficient (Wildman–Crippen LogP) is 1.98. The van der Waals surface area contributed by atoms with E-state index >= 15 is 0 Å². The second-order valence-electron chi connectivity index (χ2n) is 2.55. The molecule has 1 atom stereocenters. The van der Waals surface area contributed by atoms with E-state index in [2.05, 4.69) is 0 Å². The lowest BCUT2D eigenvalue weighted by atomic mass is 10.4. The molecule has 0 N–H and O–H groups in total. The third kappa shape index (κ3) is 1.63. The summed E-state index contributed by atoms with van der Waals surface area (Å²) in [5.74, 6) is 0. The summed E-state index contributed by atoms with van der Waals surface area (Å²) >= 11 is -0.182. The van der Waals surface area contributed by atoms with Gasteiger partial charge in [-0.05, 0) is 23.9 Å². The first-order chi connectivity index (χ1) is 6.68. The summed E-state index contributed by atoms with van der Waals surface area (Å²) < 4.78 is 11.9. The van der Waals surface area contributed by atoms with Gasteiger partial charge in [0.2, 0.25) is 0 Å². The number of hydrogen-bond acceptors (Lipinski definition) is 4. The monoisotopic (exact) mass is 227 g/mol. The van der Waals surface area contributed by atoms with Crippen LogP contribution in [0.2, 0.25) is 0 Å². The summed E-state index contributed by atoms with van der Waals surface area (Å²) in [5.41, 5.74) is 0. The maximum Gasteiger partial charge on any atom is 0.296 e. The third-order valence-electron chi connectivity index (χ3n) is 1.65. The third-order valence-corrected chi connectivity index (χ3v) is 4.60. The van der Waals surface area contributed by atoms with Crippen molar-refractivity contribution in [1.29, 1.82) is 0 Å². The van der Waals surface area contributed by atoms with E-state index in [0.717, 1.165) is 11.1 Å². The fourth-order valence-electron chi connectivity index (χ4n) is 1.10. The van der Waals surface area contributed by atoms with Gasteiger partial charge in [-0.3, -0.25) is 10.1 Å². The van der Waals surface area contributed by atoms with Gasteiger partial charge < -0.3 is 4.55 Å². The first-order valence-corrected chi connectivity index (χ1v) is 5.69. The van der Waals surface area contributed by atoms with E-state index in [1.165, 1.54) is 11.8 Å². The minimum atomic E-state index is -1.37. The summed E-state index contributed by atoms with van der Waals surface area (Å²) in [6.45, 7) is 0. The Balaban J connectivity index is 2.39. The Hall–Kier alpha value is -0.980. The predicted molar refractivity (Wildman–Crippen MR) is 53.8 cm³/mol. The van der Waals surface area contributed by atoms with Crippen LogP contribution in [0.4, 0.5) is 0 Å². The lowest BCUT2D eigenvalue weighted by molar-refractivity contribution is -0.402. The zero-order chi connectivity index (χ0) is 10.1. The van der Waals surface area contributed by atoms with E-state index in [-0.39, 0.29) is 4.24 Å². The number of rotatable bonds is 1. The molecule has 14 heavy (non-hydrogen) atoms. The van der Waals surface area contributed by atoms with Crippen molar-refractivity contribution in [1.82, 2.24) is 0 Å². The quantitative estimate of drug-likeness (QED) is 0.418. The Morgan fingerprint density at radius 2 is 2.14 bits per heavy atom. The molecule has 4 nitrogen and oxygen atoms in total. The van der Waals surface area contributed by atoms with E-state index < -0.39 is 16.1 Å². The summed E-state index contributed by atoms with van der Waals surface area (Å²) in [4.78, 5) is 11.1. The second kappa shape index (κ2) is 3.64. The maximum atomic E-state index is 11.6. The molecule has 0 radical (unpaired) electrons. The lowest BCUT2D eigenvalue weighted by Crippen LogP contribution is -1.98. The van der Waals surface area contributed by atoms with Gasteiger partial charge in [0.1, 0.15) is 0 Å². The highest BCUT2D eigenvalue weighted by molar-refractivity contribution is 8.21. The molecule has 0 saturated carbocycles. The molecule has 1 aliphatic rings. The molecule has 1 aliphatic heterocycles. The van der Waals surface area contributed by atoms with Crippen molar-refractivity contribution < 1.29 is 9.48 Å². The molecule has 6 heteroatoms. The first kappa shape index (κ1) is 9.57. The van der Waals surface area contributed by atoms with Crippen LogP contribution in [0.3, 0.4) is 0 Å². The number of thioether (sulfide) groups is 1. The highest BCUT2D eigenvalue weighted by Gasteiger charge is 2.34. The molecule has 1 unspecified atom stereocenters. The molecule has 72 valence electrons.